The number of methoxy groups -OCH3 is 2. The predicted molar refractivity (Wildman–Crippen MR) is 63.7 cm³/mol. The fraction of sp³-hybridized carbons (Fsp3) is 0.417. The molecule has 0 atom stereocenters. The second-order valence-electron chi connectivity index (χ2n) is 3.58. The molecule has 1 rings (SSSR count). The summed E-state index contributed by atoms with van der Waals surface area (Å²) < 4.78 is 10.4. The van der Waals surface area contributed by atoms with E-state index in [1.807, 2.05) is 6.92 Å². The molecule has 0 saturated heterocycles. The van der Waals surface area contributed by atoms with Crippen LogP contribution in [0.15, 0.2) is 6.07 Å². The Morgan fingerprint density at radius 1 is 1.38 bits per heavy atom. The molecule has 0 fully saturated rings. The summed E-state index contributed by atoms with van der Waals surface area (Å²) in [7, 11) is 3.12. The van der Waals surface area contributed by atoms with Crippen LogP contribution in [-0.2, 0) is 11.2 Å². The largest absolute Gasteiger partial charge is 0.493 e. The van der Waals surface area contributed by atoms with Crippen LogP contribution >= 0.6 is 11.6 Å². The van der Waals surface area contributed by atoms with Gasteiger partial charge in [0.15, 0.2) is 11.5 Å². The van der Waals surface area contributed by atoms with Gasteiger partial charge in [-0.25, -0.2) is 0 Å². The van der Waals surface area contributed by atoms with E-state index in [1.165, 1.54) is 6.92 Å². The van der Waals surface area contributed by atoms with Crippen LogP contribution in [0, 0.1) is 6.92 Å². The zero-order chi connectivity index (χ0) is 12.3. The third kappa shape index (κ3) is 2.47. The topological polar surface area (TPSA) is 35.5 Å². The molecular formula is C12H15ClO3. The summed E-state index contributed by atoms with van der Waals surface area (Å²) in [5.41, 5.74) is 1.65. The maximum absolute atomic E-state index is 11.1. The normalized spacial score (nSPS) is 10.1. The van der Waals surface area contributed by atoms with E-state index in [0.29, 0.717) is 22.9 Å². The lowest BCUT2D eigenvalue weighted by Crippen LogP contribution is -2.03. The minimum absolute atomic E-state index is 0.0669. The lowest BCUT2D eigenvalue weighted by molar-refractivity contribution is -0.116. The average molecular weight is 243 g/mol. The molecule has 0 aliphatic heterocycles. The van der Waals surface area contributed by atoms with Gasteiger partial charge in [0.05, 0.1) is 14.2 Å². The SMILES string of the molecule is COc1cc(Cl)c(CC(C)=O)c(C)c1OC. The summed E-state index contributed by atoms with van der Waals surface area (Å²) in [4.78, 5) is 11.1. The molecule has 0 spiro atoms. The molecule has 0 saturated carbocycles. The molecule has 0 aromatic heterocycles. The second-order valence-corrected chi connectivity index (χ2v) is 3.98. The molecule has 0 amide bonds. The first-order valence-electron chi connectivity index (χ1n) is 4.90. The van der Waals surface area contributed by atoms with E-state index in [4.69, 9.17) is 21.1 Å². The lowest BCUT2D eigenvalue weighted by Gasteiger charge is -2.15. The number of ketones is 1. The van der Waals surface area contributed by atoms with E-state index in [-0.39, 0.29) is 5.78 Å². The van der Waals surface area contributed by atoms with E-state index in [2.05, 4.69) is 0 Å². The molecular weight excluding hydrogens is 228 g/mol. The Balaban J connectivity index is 3.34. The molecule has 0 heterocycles. The second kappa shape index (κ2) is 5.21. The van der Waals surface area contributed by atoms with Gasteiger partial charge < -0.3 is 9.47 Å². The van der Waals surface area contributed by atoms with Crippen molar-refractivity contribution >= 4 is 17.4 Å². The highest BCUT2D eigenvalue weighted by atomic mass is 35.5. The third-order valence-corrected chi connectivity index (χ3v) is 2.75. The van der Waals surface area contributed by atoms with Gasteiger partial charge in [0, 0.05) is 23.1 Å². The first-order chi connectivity index (χ1) is 7.51. The maximum atomic E-state index is 11.1. The minimum Gasteiger partial charge on any atom is -0.493 e. The molecule has 0 unspecified atom stereocenters. The molecule has 4 heteroatoms. The van der Waals surface area contributed by atoms with Crippen molar-refractivity contribution < 1.29 is 14.3 Å². The van der Waals surface area contributed by atoms with Crippen molar-refractivity contribution in [1.29, 1.82) is 0 Å². The van der Waals surface area contributed by atoms with Crippen LogP contribution in [0.5, 0.6) is 11.5 Å². The molecule has 1 aromatic carbocycles. The van der Waals surface area contributed by atoms with E-state index < -0.39 is 0 Å². The summed E-state index contributed by atoms with van der Waals surface area (Å²) in [6.45, 7) is 3.40. The Hall–Kier alpha value is -1.22. The first kappa shape index (κ1) is 12.8. The van der Waals surface area contributed by atoms with Gasteiger partial charge in [-0.05, 0) is 19.4 Å². The Kier molecular flexibility index (Phi) is 4.19. The molecule has 0 aliphatic carbocycles. The van der Waals surface area contributed by atoms with Crippen molar-refractivity contribution in [3.8, 4) is 11.5 Å². The number of hydrogen-bond donors (Lipinski definition) is 0. The summed E-state index contributed by atoms with van der Waals surface area (Å²) in [6.07, 6.45) is 0.311. The Morgan fingerprint density at radius 3 is 2.44 bits per heavy atom. The molecule has 0 radical (unpaired) electrons. The summed E-state index contributed by atoms with van der Waals surface area (Å²) in [6, 6.07) is 1.67. The van der Waals surface area contributed by atoms with Crippen LogP contribution in [0.25, 0.3) is 0 Å². The number of ether oxygens (including phenoxy) is 2. The fourth-order valence-corrected chi connectivity index (χ4v) is 1.95. The third-order valence-electron chi connectivity index (χ3n) is 2.41. The van der Waals surface area contributed by atoms with Crippen molar-refractivity contribution in [2.75, 3.05) is 14.2 Å². The Morgan fingerprint density at radius 2 is 2.00 bits per heavy atom. The lowest BCUT2D eigenvalue weighted by atomic mass is 10.0. The first-order valence-corrected chi connectivity index (χ1v) is 5.28. The van der Waals surface area contributed by atoms with Crippen LogP contribution in [-0.4, -0.2) is 20.0 Å². The van der Waals surface area contributed by atoms with Crippen molar-refractivity contribution in [2.24, 2.45) is 0 Å². The summed E-state index contributed by atoms with van der Waals surface area (Å²) >= 11 is 6.10. The molecule has 3 nitrogen and oxygen atoms in total. The van der Waals surface area contributed by atoms with Gasteiger partial charge in [-0.15, -0.1) is 0 Å². The number of rotatable bonds is 4. The van der Waals surface area contributed by atoms with Gasteiger partial charge in [0.2, 0.25) is 0 Å². The van der Waals surface area contributed by atoms with Gasteiger partial charge in [-0.3, -0.25) is 4.79 Å². The number of carbonyl (C=O) groups excluding carboxylic acids is 1. The molecule has 0 bridgehead atoms. The van der Waals surface area contributed by atoms with Crippen molar-refractivity contribution in [2.45, 2.75) is 20.3 Å². The van der Waals surface area contributed by atoms with E-state index in [0.717, 1.165) is 11.1 Å². The fourth-order valence-electron chi connectivity index (χ4n) is 1.64. The van der Waals surface area contributed by atoms with Crippen LogP contribution in [0.3, 0.4) is 0 Å². The highest BCUT2D eigenvalue weighted by Crippen LogP contribution is 2.37. The van der Waals surface area contributed by atoms with Crippen molar-refractivity contribution in [3.63, 3.8) is 0 Å². The van der Waals surface area contributed by atoms with Crippen molar-refractivity contribution in [1.82, 2.24) is 0 Å². The predicted octanol–water partition coefficient (Wildman–Crippen LogP) is 2.80. The van der Waals surface area contributed by atoms with Gasteiger partial charge in [0.25, 0.3) is 0 Å². The standard InChI is InChI=1S/C12H15ClO3/c1-7(14)5-9-8(2)12(16-4)11(15-3)6-10(9)13/h6H,5H2,1-4H3. The molecule has 1 aromatic rings. The van der Waals surface area contributed by atoms with Crippen molar-refractivity contribution in [3.05, 3.63) is 22.2 Å². The number of carbonyl (C=O) groups is 1. The molecule has 0 aliphatic rings. The van der Waals surface area contributed by atoms with E-state index >= 15 is 0 Å². The average Bonchev–Trinajstić information content (AvgIpc) is 2.23. The van der Waals surface area contributed by atoms with E-state index in [1.54, 1.807) is 20.3 Å². The monoisotopic (exact) mass is 242 g/mol. The van der Waals surface area contributed by atoms with Crippen LogP contribution < -0.4 is 9.47 Å². The molecule has 16 heavy (non-hydrogen) atoms. The minimum atomic E-state index is 0.0669. The smallest absolute Gasteiger partial charge is 0.164 e. The van der Waals surface area contributed by atoms with Crippen LogP contribution in [0.2, 0.25) is 5.02 Å². The molecule has 0 N–H and O–H groups in total. The Bertz CT molecular complexity index is 413. The number of halogens is 1. The highest BCUT2D eigenvalue weighted by molar-refractivity contribution is 6.32. The summed E-state index contributed by atoms with van der Waals surface area (Å²) in [5.74, 6) is 1.28. The van der Waals surface area contributed by atoms with Crippen LogP contribution in [0.1, 0.15) is 18.1 Å². The zero-order valence-corrected chi connectivity index (χ0v) is 10.6. The summed E-state index contributed by atoms with van der Waals surface area (Å²) in [5, 5.41) is 0.533. The molecule has 88 valence electrons. The maximum Gasteiger partial charge on any atom is 0.164 e. The number of benzene rings is 1. The van der Waals surface area contributed by atoms with Gasteiger partial charge >= 0.3 is 0 Å². The van der Waals surface area contributed by atoms with Gasteiger partial charge in [-0.2, -0.15) is 0 Å². The number of Topliss-reactive ketones (excluding diaryl/α,β-unsaturated/α-hetero) is 1. The Labute approximate surface area is 100 Å². The number of hydrogen-bond acceptors (Lipinski definition) is 3. The van der Waals surface area contributed by atoms with Gasteiger partial charge in [-0.1, -0.05) is 11.6 Å². The zero-order valence-electron chi connectivity index (χ0n) is 9.89. The van der Waals surface area contributed by atoms with Gasteiger partial charge in [0.1, 0.15) is 5.78 Å². The van der Waals surface area contributed by atoms with Crippen LogP contribution in [0.4, 0.5) is 0 Å². The quantitative estimate of drug-likeness (QED) is 0.815. The van der Waals surface area contributed by atoms with E-state index in [9.17, 15) is 4.79 Å². The highest BCUT2D eigenvalue weighted by Gasteiger charge is 2.16.